The Morgan fingerprint density at radius 1 is 1.19 bits per heavy atom. The van der Waals surface area contributed by atoms with E-state index in [0.29, 0.717) is 12.5 Å². The van der Waals surface area contributed by atoms with Crippen molar-refractivity contribution in [2.45, 2.75) is 18.9 Å². The number of thiocarbonyl (C=S) groups is 1. The molecule has 1 atom stereocenters. The molecule has 0 aromatic heterocycles. The first kappa shape index (κ1) is 23.1. The van der Waals surface area contributed by atoms with Crippen LogP contribution in [0.1, 0.15) is 12.8 Å². The van der Waals surface area contributed by atoms with Crippen molar-refractivity contribution in [3.63, 3.8) is 0 Å². The molecule has 1 amide bonds. The van der Waals surface area contributed by atoms with E-state index in [-0.39, 0.29) is 44.1 Å². The van der Waals surface area contributed by atoms with E-state index in [1.54, 1.807) is 0 Å². The highest BCUT2D eigenvalue weighted by Gasteiger charge is 2.35. The van der Waals surface area contributed by atoms with Crippen molar-refractivity contribution < 1.29 is 26.7 Å². The second-order valence-corrected chi connectivity index (χ2v) is 10.3. The molecule has 4 rings (SSSR count). The second-order valence-electron chi connectivity index (χ2n) is 7.99. The maximum absolute atomic E-state index is 14.9. The van der Waals surface area contributed by atoms with Crippen LogP contribution < -0.4 is 19.8 Å². The van der Waals surface area contributed by atoms with E-state index in [2.05, 4.69) is 10.0 Å². The van der Waals surface area contributed by atoms with Crippen molar-refractivity contribution in [1.29, 1.82) is 0 Å². The van der Waals surface area contributed by atoms with Crippen molar-refractivity contribution >= 4 is 44.9 Å². The number of cyclic esters (lactones) is 1. The minimum atomic E-state index is -3.59. The van der Waals surface area contributed by atoms with E-state index in [9.17, 15) is 22.0 Å². The molecule has 2 heterocycles. The first-order valence-corrected chi connectivity index (χ1v) is 12.2. The average molecular weight is 490 g/mol. The molecule has 1 aromatic rings. The van der Waals surface area contributed by atoms with Gasteiger partial charge in [-0.2, -0.15) is 12.7 Å². The van der Waals surface area contributed by atoms with Crippen LogP contribution in [0, 0.1) is 17.6 Å². The van der Waals surface area contributed by atoms with Crippen LogP contribution in [0.3, 0.4) is 0 Å². The third kappa shape index (κ3) is 4.80. The third-order valence-electron chi connectivity index (χ3n) is 5.79. The molecule has 32 heavy (non-hydrogen) atoms. The summed E-state index contributed by atoms with van der Waals surface area (Å²) in [6.07, 6.45) is 0.972. The zero-order valence-electron chi connectivity index (χ0n) is 17.5. The number of nitrogens with one attached hydrogen (secondary N) is 2. The van der Waals surface area contributed by atoms with Crippen molar-refractivity contribution in [3.8, 4) is 0 Å². The van der Waals surface area contributed by atoms with E-state index in [1.807, 2.05) is 0 Å². The van der Waals surface area contributed by atoms with Crippen molar-refractivity contribution in [2.24, 2.45) is 5.92 Å². The maximum Gasteiger partial charge on any atom is 0.414 e. The number of piperazine rings is 1. The molecule has 176 valence electrons. The Bertz CT molecular complexity index is 990. The highest BCUT2D eigenvalue weighted by Crippen LogP contribution is 2.32. The minimum absolute atomic E-state index is 0.0671. The van der Waals surface area contributed by atoms with E-state index in [4.69, 9.17) is 17.0 Å². The number of carbonyl (C=O) groups excluding carboxylic acids is 1. The quantitative estimate of drug-likeness (QED) is 0.556. The lowest BCUT2D eigenvalue weighted by Gasteiger charge is -2.35. The fraction of sp³-hybridized carbons (Fsp3) is 0.579. The Labute approximate surface area is 190 Å². The van der Waals surface area contributed by atoms with Crippen LogP contribution in [0.15, 0.2) is 12.1 Å². The molecule has 1 aliphatic carbocycles. The predicted octanol–water partition coefficient (Wildman–Crippen LogP) is 1.20. The van der Waals surface area contributed by atoms with Gasteiger partial charge in [-0.3, -0.25) is 4.90 Å². The molecular formula is C19H25F2N5O4S2. The molecule has 3 aliphatic rings. The molecule has 1 aromatic carbocycles. The molecule has 2 saturated heterocycles. The lowest BCUT2D eigenvalue weighted by Crippen LogP contribution is -2.51. The highest BCUT2D eigenvalue weighted by molar-refractivity contribution is 7.87. The average Bonchev–Trinajstić information content (AvgIpc) is 3.54. The summed E-state index contributed by atoms with van der Waals surface area (Å²) in [6, 6.07) is 2.20. The number of amides is 1. The summed E-state index contributed by atoms with van der Waals surface area (Å²) < 4.78 is 62.3. The normalized spacial score (nSPS) is 22.2. The summed E-state index contributed by atoms with van der Waals surface area (Å²) in [6.45, 7) is 0.959. The van der Waals surface area contributed by atoms with Gasteiger partial charge in [0, 0.05) is 51.3 Å². The van der Waals surface area contributed by atoms with Crippen LogP contribution >= 0.6 is 12.2 Å². The fourth-order valence-electron chi connectivity index (χ4n) is 3.83. The summed E-state index contributed by atoms with van der Waals surface area (Å²) in [5, 5.41) is 3.09. The largest absolute Gasteiger partial charge is 0.442 e. The van der Waals surface area contributed by atoms with E-state index >= 15 is 0 Å². The van der Waals surface area contributed by atoms with Crippen LogP contribution in [0.5, 0.6) is 0 Å². The second kappa shape index (κ2) is 9.04. The number of rotatable bonds is 7. The van der Waals surface area contributed by atoms with Crippen LogP contribution in [0.4, 0.5) is 25.0 Å². The van der Waals surface area contributed by atoms with Gasteiger partial charge in [0.15, 0.2) is 11.6 Å². The number of halogens is 2. The Hall–Kier alpha value is -2.09. The molecule has 0 spiro atoms. The number of hydrogen-bond donors (Lipinski definition) is 2. The number of anilines is 2. The first-order valence-electron chi connectivity index (χ1n) is 10.4. The van der Waals surface area contributed by atoms with Gasteiger partial charge in [0.05, 0.1) is 23.8 Å². The van der Waals surface area contributed by atoms with Gasteiger partial charge < -0.3 is 15.0 Å². The topological polar surface area (TPSA) is 94.2 Å². The van der Waals surface area contributed by atoms with Crippen molar-refractivity contribution in [2.75, 3.05) is 56.1 Å². The van der Waals surface area contributed by atoms with Gasteiger partial charge in [-0.25, -0.2) is 18.3 Å². The zero-order chi connectivity index (χ0) is 23.0. The molecule has 1 saturated carbocycles. The Morgan fingerprint density at radius 3 is 2.38 bits per heavy atom. The summed E-state index contributed by atoms with van der Waals surface area (Å²) >= 11 is 5.26. The van der Waals surface area contributed by atoms with Gasteiger partial charge in [0.2, 0.25) is 0 Å². The number of ether oxygens (including phenoxy) is 1. The standard InChI is InChI=1S/C19H25F2N5O4S2/c1-22-32(28,29)25-6-4-24(5-7-25)17-15(20)8-13(9-16(17)21)26-11-14(30-19(26)27)10-23-18(31)12-2-3-12/h8-9,12,14,22H,2-7,10-11H2,1H3,(H,23,31). The van der Waals surface area contributed by atoms with Crippen molar-refractivity contribution in [1.82, 2.24) is 14.3 Å². The number of nitrogens with zero attached hydrogens (tertiary/aromatic N) is 3. The lowest BCUT2D eigenvalue weighted by atomic mass is 10.2. The monoisotopic (exact) mass is 489 g/mol. The van der Waals surface area contributed by atoms with E-state index in [1.165, 1.54) is 21.2 Å². The summed E-state index contributed by atoms with van der Waals surface area (Å²) in [5.41, 5.74) is -0.173. The lowest BCUT2D eigenvalue weighted by molar-refractivity contribution is 0.143. The number of hydrogen-bond acceptors (Lipinski definition) is 6. The van der Waals surface area contributed by atoms with Crippen molar-refractivity contribution in [3.05, 3.63) is 23.8 Å². The fourth-order valence-corrected chi connectivity index (χ4v) is 5.06. The number of carbonyl (C=O) groups is 1. The minimum Gasteiger partial charge on any atom is -0.442 e. The molecule has 0 bridgehead atoms. The molecule has 2 N–H and O–H groups in total. The SMILES string of the molecule is CNS(=O)(=O)N1CCN(c2c(F)cc(N3CC(CNC(=S)C4CC4)OC3=O)cc2F)CC1. The van der Waals surface area contributed by atoms with E-state index in [0.717, 1.165) is 30.0 Å². The predicted molar refractivity (Wildman–Crippen MR) is 119 cm³/mol. The number of benzene rings is 1. The molecule has 1 unspecified atom stereocenters. The first-order chi connectivity index (χ1) is 15.2. The Morgan fingerprint density at radius 2 is 1.81 bits per heavy atom. The van der Waals surface area contributed by atoms with Gasteiger partial charge in [-0.15, -0.1) is 0 Å². The maximum atomic E-state index is 14.9. The van der Waals surface area contributed by atoms with Gasteiger partial charge in [0.25, 0.3) is 10.2 Å². The molecule has 3 fully saturated rings. The summed E-state index contributed by atoms with van der Waals surface area (Å²) in [7, 11) is -2.28. The van der Waals surface area contributed by atoms with Crippen LogP contribution in [-0.2, 0) is 14.9 Å². The van der Waals surface area contributed by atoms with Gasteiger partial charge in [-0.1, -0.05) is 12.2 Å². The molecular weight excluding hydrogens is 464 g/mol. The van der Waals surface area contributed by atoms with Gasteiger partial charge in [-0.05, 0) is 12.8 Å². The summed E-state index contributed by atoms with van der Waals surface area (Å²) in [5.74, 6) is -1.25. The Kier molecular flexibility index (Phi) is 6.52. The third-order valence-corrected chi connectivity index (χ3v) is 7.83. The van der Waals surface area contributed by atoms with Crippen LogP contribution in [0.25, 0.3) is 0 Å². The Balaban J connectivity index is 1.41. The summed E-state index contributed by atoms with van der Waals surface area (Å²) in [4.78, 5) is 15.7. The highest BCUT2D eigenvalue weighted by atomic mass is 32.2. The smallest absolute Gasteiger partial charge is 0.414 e. The van der Waals surface area contributed by atoms with Crippen LogP contribution in [0.2, 0.25) is 0 Å². The van der Waals surface area contributed by atoms with Crippen LogP contribution in [-0.4, -0.2) is 76.2 Å². The van der Waals surface area contributed by atoms with Gasteiger partial charge in [0.1, 0.15) is 11.8 Å². The molecule has 9 nitrogen and oxygen atoms in total. The molecule has 13 heteroatoms. The molecule has 2 aliphatic heterocycles. The van der Waals surface area contributed by atoms with Gasteiger partial charge >= 0.3 is 6.09 Å². The zero-order valence-corrected chi connectivity index (χ0v) is 19.1. The van der Waals surface area contributed by atoms with E-state index < -0.39 is 34.0 Å². The molecule has 0 radical (unpaired) electrons.